The van der Waals surface area contributed by atoms with Gasteiger partial charge in [-0.25, -0.2) is 0 Å². The van der Waals surface area contributed by atoms with Crippen molar-refractivity contribution in [3.63, 3.8) is 0 Å². The van der Waals surface area contributed by atoms with E-state index in [9.17, 15) is 0 Å². The predicted molar refractivity (Wildman–Crippen MR) is 73.0 cm³/mol. The normalized spacial score (nSPS) is 22.3. The number of nitrogens with zero attached hydrogens (tertiary/aromatic N) is 1. The van der Waals surface area contributed by atoms with Crippen LogP contribution < -0.4 is 5.32 Å². The molecule has 0 aliphatic carbocycles. The fraction of sp³-hybridized carbons (Fsp3) is 0.600. The summed E-state index contributed by atoms with van der Waals surface area (Å²) in [5.74, 6) is 0.876. The van der Waals surface area contributed by atoms with Gasteiger partial charge < -0.3 is 5.32 Å². The molecule has 1 aliphatic rings. The van der Waals surface area contributed by atoms with Crippen LogP contribution in [0.1, 0.15) is 24.8 Å². The second-order valence-corrected chi connectivity index (χ2v) is 5.12. The van der Waals surface area contributed by atoms with E-state index in [1.165, 1.54) is 44.5 Å². The van der Waals surface area contributed by atoms with Gasteiger partial charge in [0, 0.05) is 6.54 Å². The number of likely N-dealkylation sites (tertiary alicyclic amines) is 1. The Morgan fingerprint density at radius 1 is 1.18 bits per heavy atom. The SMILES string of the molecule is CNCC1CCCN(Cc2ccccc2)CC1. The zero-order valence-corrected chi connectivity index (χ0v) is 10.9. The molecule has 1 atom stereocenters. The van der Waals surface area contributed by atoms with Crippen molar-refractivity contribution >= 4 is 0 Å². The molecule has 17 heavy (non-hydrogen) atoms. The molecule has 2 rings (SSSR count). The molecule has 2 heteroatoms. The van der Waals surface area contributed by atoms with Crippen LogP contribution in [-0.4, -0.2) is 31.6 Å². The minimum Gasteiger partial charge on any atom is -0.319 e. The maximum Gasteiger partial charge on any atom is 0.0233 e. The van der Waals surface area contributed by atoms with E-state index in [-0.39, 0.29) is 0 Å². The van der Waals surface area contributed by atoms with Gasteiger partial charge in [0.15, 0.2) is 0 Å². The standard InChI is InChI=1S/C15H24N2/c1-16-12-14-8-5-10-17(11-9-14)13-15-6-3-2-4-7-15/h2-4,6-7,14,16H,5,8-13H2,1H3. The fourth-order valence-electron chi connectivity index (χ4n) is 2.72. The zero-order valence-electron chi connectivity index (χ0n) is 10.9. The topological polar surface area (TPSA) is 15.3 Å². The van der Waals surface area contributed by atoms with Gasteiger partial charge in [0.05, 0.1) is 0 Å². The van der Waals surface area contributed by atoms with E-state index < -0.39 is 0 Å². The molecule has 0 amide bonds. The average Bonchev–Trinajstić information content (AvgIpc) is 2.57. The van der Waals surface area contributed by atoms with E-state index in [0.29, 0.717) is 0 Å². The maximum absolute atomic E-state index is 3.31. The van der Waals surface area contributed by atoms with Crippen molar-refractivity contribution in [2.45, 2.75) is 25.8 Å². The molecular formula is C15H24N2. The van der Waals surface area contributed by atoms with Gasteiger partial charge in [-0.05, 0) is 57.4 Å². The van der Waals surface area contributed by atoms with Crippen molar-refractivity contribution in [3.8, 4) is 0 Å². The summed E-state index contributed by atoms with van der Waals surface area (Å²) >= 11 is 0. The monoisotopic (exact) mass is 232 g/mol. The molecule has 94 valence electrons. The van der Waals surface area contributed by atoms with Crippen molar-refractivity contribution < 1.29 is 0 Å². The van der Waals surface area contributed by atoms with Crippen LogP contribution in [0.5, 0.6) is 0 Å². The van der Waals surface area contributed by atoms with Gasteiger partial charge in [0.25, 0.3) is 0 Å². The van der Waals surface area contributed by atoms with E-state index in [1.54, 1.807) is 0 Å². The van der Waals surface area contributed by atoms with E-state index in [1.807, 2.05) is 0 Å². The first-order chi connectivity index (χ1) is 8.38. The molecule has 1 fully saturated rings. The molecule has 1 heterocycles. The Bertz CT molecular complexity index is 310. The molecular weight excluding hydrogens is 208 g/mol. The summed E-state index contributed by atoms with van der Waals surface area (Å²) in [6.45, 7) is 4.81. The first-order valence-corrected chi connectivity index (χ1v) is 6.79. The third-order valence-electron chi connectivity index (χ3n) is 3.68. The summed E-state index contributed by atoms with van der Waals surface area (Å²) in [6.07, 6.45) is 4.07. The number of hydrogen-bond acceptors (Lipinski definition) is 2. The van der Waals surface area contributed by atoms with Crippen LogP contribution in [0, 0.1) is 5.92 Å². The lowest BCUT2D eigenvalue weighted by molar-refractivity contribution is 0.272. The summed E-state index contributed by atoms with van der Waals surface area (Å²) in [4.78, 5) is 2.60. The Labute approximate surface area is 105 Å². The predicted octanol–water partition coefficient (Wildman–Crippen LogP) is 2.51. The molecule has 0 aromatic heterocycles. The molecule has 1 unspecified atom stereocenters. The molecule has 1 aliphatic heterocycles. The van der Waals surface area contributed by atoms with E-state index in [2.05, 4.69) is 47.6 Å². The largest absolute Gasteiger partial charge is 0.319 e. The van der Waals surface area contributed by atoms with Crippen LogP contribution in [0.3, 0.4) is 0 Å². The number of rotatable bonds is 4. The van der Waals surface area contributed by atoms with E-state index >= 15 is 0 Å². The Hall–Kier alpha value is -0.860. The summed E-state index contributed by atoms with van der Waals surface area (Å²) in [5, 5.41) is 3.31. The number of benzene rings is 1. The highest BCUT2D eigenvalue weighted by atomic mass is 15.1. The van der Waals surface area contributed by atoms with Crippen LogP contribution in [0.25, 0.3) is 0 Å². The lowest BCUT2D eigenvalue weighted by Gasteiger charge is -2.20. The van der Waals surface area contributed by atoms with Crippen LogP contribution in [0.2, 0.25) is 0 Å². The van der Waals surface area contributed by atoms with Gasteiger partial charge >= 0.3 is 0 Å². The lowest BCUT2D eigenvalue weighted by atomic mass is 10.0. The van der Waals surface area contributed by atoms with Crippen LogP contribution in [-0.2, 0) is 6.54 Å². The van der Waals surface area contributed by atoms with Gasteiger partial charge in [0.1, 0.15) is 0 Å². The fourth-order valence-corrected chi connectivity index (χ4v) is 2.72. The molecule has 1 N–H and O–H groups in total. The Morgan fingerprint density at radius 2 is 2.00 bits per heavy atom. The molecule has 0 radical (unpaired) electrons. The smallest absolute Gasteiger partial charge is 0.0233 e. The summed E-state index contributed by atoms with van der Waals surface area (Å²) in [6, 6.07) is 10.8. The number of hydrogen-bond donors (Lipinski definition) is 1. The van der Waals surface area contributed by atoms with Crippen LogP contribution >= 0.6 is 0 Å². The lowest BCUT2D eigenvalue weighted by Crippen LogP contribution is -2.25. The minimum absolute atomic E-state index is 0.876. The summed E-state index contributed by atoms with van der Waals surface area (Å²) in [5.41, 5.74) is 1.44. The third kappa shape index (κ3) is 4.14. The molecule has 0 bridgehead atoms. The van der Waals surface area contributed by atoms with Crippen molar-refractivity contribution in [1.29, 1.82) is 0 Å². The van der Waals surface area contributed by atoms with Gasteiger partial charge in [-0.3, -0.25) is 4.90 Å². The summed E-state index contributed by atoms with van der Waals surface area (Å²) in [7, 11) is 2.06. The first-order valence-electron chi connectivity index (χ1n) is 6.79. The Kier molecular flexibility index (Phi) is 5.02. The second kappa shape index (κ2) is 6.77. The highest BCUT2D eigenvalue weighted by molar-refractivity contribution is 5.14. The van der Waals surface area contributed by atoms with Gasteiger partial charge in [-0.15, -0.1) is 0 Å². The van der Waals surface area contributed by atoms with Crippen molar-refractivity contribution in [3.05, 3.63) is 35.9 Å². The van der Waals surface area contributed by atoms with Gasteiger partial charge in [-0.2, -0.15) is 0 Å². The molecule has 1 saturated heterocycles. The highest BCUT2D eigenvalue weighted by Crippen LogP contribution is 2.18. The zero-order chi connectivity index (χ0) is 11.9. The molecule has 1 aromatic rings. The minimum atomic E-state index is 0.876. The third-order valence-corrected chi connectivity index (χ3v) is 3.68. The average molecular weight is 232 g/mol. The Morgan fingerprint density at radius 3 is 2.76 bits per heavy atom. The summed E-state index contributed by atoms with van der Waals surface area (Å²) < 4.78 is 0. The second-order valence-electron chi connectivity index (χ2n) is 5.12. The Balaban J connectivity index is 1.83. The molecule has 1 aromatic carbocycles. The van der Waals surface area contributed by atoms with Crippen LogP contribution in [0.4, 0.5) is 0 Å². The van der Waals surface area contributed by atoms with Gasteiger partial charge in [0.2, 0.25) is 0 Å². The van der Waals surface area contributed by atoms with Crippen LogP contribution in [0.15, 0.2) is 30.3 Å². The van der Waals surface area contributed by atoms with Crippen molar-refractivity contribution in [2.24, 2.45) is 5.92 Å². The highest BCUT2D eigenvalue weighted by Gasteiger charge is 2.16. The first kappa shape index (κ1) is 12.6. The van der Waals surface area contributed by atoms with E-state index in [0.717, 1.165) is 12.5 Å². The van der Waals surface area contributed by atoms with Crippen molar-refractivity contribution in [1.82, 2.24) is 10.2 Å². The molecule has 0 saturated carbocycles. The quantitative estimate of drug-likeness (QED) is 0.858. The number of nitrogens with one attached hydrogen (secondary N) is 1. The molecule has 2 nitrogen and oxygen atoms in total. The van der Waals surface area contributed by atoms with E-state index in [4.69, 9.17) is 0 Å². The van der Waals surface area contributed by atoms with Crippen molar-refractivity contribution in [2.75, 3.05) is 26.7 Å². The molecule has 0 spiro atoms. The van der Waals surface area contributed by atoms with Gasteiger partial charge in [-0.1, -0.05) is 30.3 Å². The maximum atomic E-state index is 3.31.